The molecule has 0 aromatic carbocycles. The predicted molar refractivity (Wildman–Crippen MR) is 57.5 cm³/mol. The van der Waals surface area contributed by atoms with E-state index in [0.717, 1.165) is 18.9 Å². The molecule has 1 aromatic heterocycles. The molecule has 0 amide bonds. The van der Waals surface area contributed by atoms with E-state index in [1.54, 1.807) is 7.05 Å². The summed E-state index contributed by atoms with van der Waals surface area (Å²) in [6, 6.07) is 0. The van der Waals surface area contributed by atoms with E-state index in [1.165, 1.54) is 4.80 Å². The fraction of sp³-hybridized carbons (Fsp3) is 0.889. The third kappa shape index (κ3) is 2.75. The van der Waals surface area contributed by atoms with Crippen LogP contribution in [0.3, 0.4) is 0 Å². The van der Waals surface area contributed by atoms with E-state index in [0.29, 0.717) is 13.1 Å². The van der Waals surface area contributed by atoms with Gasteiger partial charge in [0.15, 0.2) is 5.82 Å². The third-order valence-corrected chi connectivity index (χ3v) is 2.58. The molecule has 16 heavy (non-hydrogen) atoms. The molecule has 2 unspecified atom stereocenters. The summed E-state index contributed by atoms with van der Waals surface area (Å²) in [6.45, 7) is 5.03. The molecule has 1 saturated heterocycles. The van der Waals surface area contributed by atoms with Crippen molar-refractivity contribution >= 4 is 0 Å². The summed E-state index contributed by atoms with van der Waals surface area (Å²) < 4.78 is 5.68. The molecule has 1 aromatic rings. The molecule has 90 valence electrons. The maximum Gasteiger partial charge on any atom is 0.188 e. The monoisotopic (exact) mass is 226 g/mol. The van der Waals surface area contributed by atoms with Crippen LogP contribution in [0.2, 0.25) is 0 Å². The Balaban J connectivity index is 1.93. The molecule has 0 saturated carbocycles. The average Bonchev–Trinajstić information content (AvgIpc) is 2.63. The maximum absolute atomic E-state index is 5.68. The molecule has 1 aliphatic rings. The lowest BCUT2D eigenvalue weighted by atomic mass is 10.2. The van der Waals surface area contributed by atoms with Gasteiger partial charge in [0.1, 0.15) is 0 Å². The van der Waals surface area contributed by atoms with Gasteiger partial charge in [0.2, 0.25) is 0 Å². The summed E-state index contributed by atoms with van der Waals surface area (Å²) in [5, 5.41) is 11.9. The van der Waals surface area contributed by atoms with Gasteiger partial charge in [-0.25, -0.2) is 0 Å². The van der Waals surface area contributed by atoms with Gasteiger partial charge in [-0.05, 0) is 12.1 Å². The lowest BCUT2D eigenvalue weighted by molar-refractivity contribution is -0.0750. The molecule has 2 atom stereocenters. The minimum atomic E-state index is 0.112. The molecule has 2 N–H and O–H groups in total. The molecule has 7 nitrogen and oxygen atoms in total. The Kier molecular flexibility index (Phi) is 3.47. The topological polar surface area (TPSA) is 82.1 Å². The van der Waals surface area contributed by atoms with Crippen LogP contribution in [0, 0.1) is 0 Å². The number of nitrogens with zero attached hydrogens (tertiary/aromatic N) is 5. The van der Waals surface area contributed by atoms with Gasteiger partial charge >= 0.3 is 0 Å². The highest BCUT2D eigenvalue weighted by Crippen LogP contribution is 2.11. The number of hydrogen-bond donors (Lipinski definition) is 1. The standard InChI is InChI=1S/C9H18N6O/c1-7-4-15(5-8(3-10)16-7)6-9-11-13-14(2)12-9/h7-8H,3-6,10H2,1-2H3. The van der Waals surface area contributed by atoms with E-state index in [2.05, 4.69) is 27.2 Å². The highest BCUT2D eigenvalue weighted by molar-refractivity contribution is 4.82. The molecular formula is C9H18N6O. The second-order valence-electron chi connectivity index (χ2n) is 4.19. The molecule has 2 rings (SSSR count). The van der Waals surface area contributed by atoms with E-state index in [4.69, 9.17) is 10.5 Å². The van der Waals surface area contributed by atoms with Crippen molar-refractivity contribution in [1.29, 1.82) is 0 Å². The van der Waals surface area contributed by atoms with Crippen LogP contribution in [0.1, 0.15) is 12.7 Å². The molecule has 0 spiro atoms. The third-order valence-electron chi connectivity index (χ3n) is 2.58. The largest absolute Gasteiger partial charge is 0.371 e. The Hall–Kier alpha value is -1.05. The van der Waals surface area contributed by atoms with E-state index < -0.39 is 0 Å². The van der Waals surface area contributed by atoms with Gasteiger partial charge in [-0.3, -0.25) is 4.90 Å². The summed E-state index contributed by atoms with van der Waals surface area (Å²) in [5.74, 6) is 0.743. The maximum atomic E-state index is 5.68. The zero-order valence-corrected chi connectivity index (χ0v) is 9.70. The van der Waals surface area contributed by atoms with E-state index >= 15 is 0 Å². The predicted octanol–water partition coefficient (Wildman–Crippen LogP) is -1.24. The van der Waals surface area contributed by atoms with Crippen molar-refractivity contribution in [1.82, 2.24) is 25.1 Å². The number of ether oxygens (including phenoxy) is 1. The molecule has 1 fully saturated rings. The van der Waals surface area contributed by atoms with Crippen molar-refractivity contribution in [3.63, 3.8) is 0 Å². The van der Waals surface area contributed by atoms with Gasteiger partial charge in [0.25, 0.3) is 0 Å². The molecular weight excluding hydrogens is 208 g/mol. The van der Waals surface area contributed by atoms with Gasteiger partial charge in [-0.1, -0.05) is 0 Å². The quantitative estimate of drug-likeness (QED) is 0.694. The number of rotatable bonds is 3. The van der Waals surface area contributed by atoms with Crippen LogP contribution >= 0.6 is 0 Å². The molecule has 2 heterocycles. The molecule has 0 radical (unpaired) electrons. The second-order valence-corrected chi connectivity index (χ2v) is 4.19. The summed E-state index contributed by atoms with van der Waals surface area (Å²) in [5.41, 5.74) is 5.63. The molecule has 0 bridgehead atoms. The molecule has 1 aliphatic heterocycles. The lowest BCUT2D eigenvalue weighted by Crippen LogP contribution is -2.48. The first-order valence-corrected chi connectivity index (χ1v) is 5.48. The number of hydrogen-bond acceptors (Lipinski definition) is 6. The number of aryl methyl sites for hydroxylation is 1. The summed E-state index contributed by atoms with van der Waals surface area (Å²) >= 11 is 0. The molecule has 7 heteroatoms. The van der Waals surface area contributed by atoms with Gasteiger partial charge in [-0.15, -0.1) is 10.2 Å². The van der Waals surface area contributed by atoms with E-state index in [9.17, 15) is 0 Å². The summed E-state index contributed by atoms with van der Waals surface area (Å²) in [4.78, 5) is 3.72. The Bertz CT molecular complexity index is 340. The van der Waals surface area contributed by atoms with Crippen molar-refractivity contribution in [2.45, 2.75) is 25.7 Å². The van der Waals surface area contributed by atoms with Crippen LogP contribution < -0.4 is 5.73 Å². The van der Waals surface area contributed by atoms with Crippen LogP contribution in [0.25, 0.3) is 0 Å². The number of nitrogens with two attached hydrogens (primary N) is 1. The first kappa shape index (κ1) is 11.4. The second kappa shape index (κ2) is 4.86. The van der Waals surface area contributed by atoms with Crippen LogP contribution in [-0.4, -0.2) is 56.9 Å². The fourth-order valence-electron chi connectivity index (χ4n) is 1.99. The van der Waals surface area contributed by atoms with E-state index in [-0.39, 0.29) is 12.2 Å². The van der Waals surface area contributed by atoms with Crippen LogP contribution in [0.15, 0.2) is 0 Å². The average molecular weight is 226 g/mol. The van der Waals surface area contributed by atoms with Gasteiger partial charge in [0, 0.05) is 19.6 Å². The Morgan fingerprint density at radius 3 is 2.94 bits per heavy atom. The SMILES string of the molecule is CC1CN(Cc2nnn(C)n2)CC(CN)O1. The Morgan fingerprint density at radius 1 is 1.50 bits per heavy atom. The summed E-state index contributed by atoms with van der Waals surface area (Å²) in [7, 11) is 1.77. The first-order chi connectivity index (χ1) is 7.67. The highest BCUT2D eigenvalue weighted by atomic mass is 16.5. The first-order valence-electron chi connectivity index (χ1n) is 5.48. The van der Waals surface area contributed by atoms with E-state index in [1.807, 2.05) is 0 Å². The normalized spacial score (nSPS) is 27.2. The fourth-order valence-corrected chi connectivity index (χ4v) is 1.99. The smallest absolute Gasteiger partial charge is 0.188 e. The number of tetrazole rings is 1. The van der Waals surface area contributed by atoms with Crippen LogP contribution in [0.4, 0.5) is 0 Å². The van der Waals surface area contributed by atoms with Crippen molar-refractivity contribution in [2.75, 3.05) is 19.6 Å². The van der Waals surface area contributed by atoms with Crippen LogP contribution in [-0.2, 0) is 18.3 Å². The number of aromatic nitrogens is 4. The minimum Gasteiger partial charge on any atom is -0.371 e. The minimum absolute atomic E-state index is 0.112. The van der Waals surface area contributed by atoms with Crippen molar-refractivity contribution < 1.29 is 4.74 Å². The van der Waals surface area contributed by atoms with Gasteiger partial charge in [0.05, 0.1) is 25.8 Å². The van der Waals surface area contributed by atoms with Gasteiger partial charge < -0.3 is 10.5 Å². The Morgan fingerprint density at radius 2 is 2.31 bits per heavy atom. The zero-order valence-electron chi connectivity index (χ0n) is 9.70. The molecule has 0 aliphatic carbocycles. The van der Waals surface area contributed by atoms with Crippen molar-refractivity contribution in [2.24, 2.45) is 12.8 Å². The zero-order chi connectivity index (χ0) is 11.5. The highest BCUT2D eigenvalue weighted by Gasteiger charge is 2.25. The van der Waals surface area contributed by atoms with Crippen molar-refractivity contribution in [3.05, 3.63) is 5.82 Å². The number of morpholine rings is 1. The van der Waals surface area contributed by atoms with Crippen molar-refractivity contribution in [3.8, 4) is 0 Å². The van der Waals surface area contributed by atoms with Gasteiger partial charge in [-0.2, -0.15) is 4.80 Å². The lowest BCUT2D eigenvalue weighted by Gasteiger charge is -2.35. The summed E-state index contributed by atoms with van der Waals surface area (Å²) in [6.07, 6.45) is 0.319. The van der Waals surface area contributed by atoms with Crippen LogP contribution in [0.5, 0.6) is 0 Å². The Labute approximate surface area is 94.5 Å².